The van der Waals surface area contributed by atoms with E-state index in [9.17, 15) is 0 Å². The first-order chi connectivity index (χ1) is 5.25. The Morgan fingerprint density at radius 3 is 2.73 bits per heavy atom. The predicted molar refractivity (Wildman–Crippen MR) is 45.7 cm³/mol. The van der Waals surface area contributed by atoms with Gasteiger partial charge in [-0.25, -0.2) is 0 Å². The summed E-state index contributed by atoms with van der Waals surface area (Å²) in [5.41, 5.74) is 0.529. The van der Waals surface area contributed by atoms with Crippen LogP contribution in [0.3, 0.4) is 0 Å². The summed E-state index contributed by atoms with van der Waals surface area (Å²) in [5, 5.41) is 11.5. The number of halogens is 2. The number of nitrogens with one attached hydrogen (secondary N) is 1. The van der Waals surface area contributed by atoms with Crippen molar-refractivity contribution in [2.75, 3.05) is 5.32 Å². The highest BCUT2D eigenvalue weighted by Gasteiger charge is 2.01. The van der Waals surface area contributed by atoms with Crippen LogP contribution in [-0.2, 0) is 0 Å². The average Bonchev–Trinajstić information content (AvgIpc) is 1.99. The Morgan fingerprint density at radius 2 is 2.09 bits per heavy atom. The van der Waals surface area contributed by atoms with Crippen LogP contribution in [0.2, 0.25) is 10.0 Å². The van der Waals surface area contributed by atoms with Crippen molar-refractivity contribution in [2.24, 2.45) is 0 Å². The highest BCUT2D eigenvalue weighted by atomic mass is 35.5. The number of hydrogen-bond acceptors (Lipinski definition) is 2. The molecular weight excluding hydrogens is 183 g/mol. The van der Waals surface area contributed by atoms with Gasteiger partial charge in [0.15, 0.2) is 6.19 Å². The lowest BCUT2D eigenvalue weighted by atomic mass is 10.3. The number of benzene rings is 1. The lowest BCUT2D eigenvalue weighted by Gasteiger charge is -2.00. The molecule has 0 saturated carbocycles. The molecule has 0 aliphatic carbocycles. The van der Waals surface area contributed by atoms with E-state index in [-0.39, 0.29) is 0 Å². The van der Waals surface area contributed by atoms with E-state index in [0.717, 1.165) is 0 Å². The summed E-state index contributed by atoms with van der Waals surface area (Å²) in [6.45, 7) is 0. The topological polar surface area (TPSA) is 35.8 Å². The van der Waals surface area contributed by atoms with Gasteiger partial charge < -0.3 is 0 Å². The summed E-state index contributed by atoms with van der Waals surface area (Å²) >= 11 is 11.4. The molecule has 4 heteroatoms. The number of rotatable bonds is 1. The molecule has 1 aromatic carbocycles. The van der Waals surface area contributed by atoms with E-state index >= 15 is 0 Å². The zero-order valence-electron chi connectivity index (χ0n) is 5.44. The SMILES string of the molecule is N#CNc1cccc(Cl)c1Cl. The Bertz CT molecular complexity index is 304. The molecule has 1 N–H and O–H groups in total. The molecule has 0 aromatic heterocycles. The Hall–Kier alpha value is -0.910. The molecular formula is C7H4Cl2N2. The van der Waals surface area contributed by atoms with Gasteiger partial charge in [0.05, 0.1) is 15.7 Å². The molecule has 56 valence electrons. The monoisotopic (exact) mass is 186 g/mol. The van der Waals surface area contributed by atoms with Crippen LogP contribution < -0.4 is 5.32 Å². The molecule has 0 bridgehead atoms. The minimum atomic E-state index is 0.371. The Morgan fingerprint density at radius 1 is 1.36 bits per heavy atom. The third-order valence-corrected chi connectivity index (χ3v) is 1.96. The second-order valence-electron chi connectivity index (χ2n) is 1.84. The van der Waals surface area contributed by atoms with E-state index in [1.807, 2.05) is 0 Å². The van der Waals surface area contributed by atoms with Gasteiger partial charge in [-0.15, -0.1) is 0 Å². The maximum Gasteiger partial charge on any atom is 0.181 e. The molecule has 0 aliphatic rings. The first-order valence-electron chi connectivity index (χ1n) is 2.85. The van der Waals surface area contributed by atoms with Crippen LogP contribution in [0.25, 0.3) is 0 Å². The van der Waals surface area contributed by atoms with Crippen LogP contribution in [0, 0.1) is 11.5 Å². The van der Waals surface area contributed by atoms with Crippen LogP contribution >= 0.6 is 23.2 Å². The van der Waals surface area contributed by atoms with Crippen LogP contribution in [0.4, 0.5) is 5.69 Å². The van der Waals surface area contributed by atoms with E-state index in [1.165, 1.54) is 0 Å². The van der Waals surface area contributed by atoms with Crippen molar-refractivity contribution in [1.29, 1.82) is 5.26 Å². The van der Waals surface area contributed by atoms with Crippen LogP contribution in [0.1, 0.15) is 0 Å². The number of nitriles is 1. The molecule has 0 saturated heterocycles. The Balaban J connectivity index is 3.08. The Labute approximate surface area is 74.3 Å². The van der Waals surface area contributed by atoms with E-state index < -0.39 is 0 Å². The van der Waals surface area contributed by atoms with Gasteiger partial charge in [0, 0.05) is 0 Å². The minimum absolute atomic E-state index is 0.371. The third kappa shape index (κ3) is 1.76. The van der Waals surface area contributed by atoms with Gasteiger partial charge in [-0.3, -0.25) is 5.32 Å². The molecule has 1 aromatic rings. The summed E-state index contributed by atoms with van der Waals surface area (Å²) in [7, 11) is 0. The van der Waals surface area contributed by atoms with Crippen molar-refractivity contribution in [3.8, 4) is 6.19 Å². The summed E-state index contributed by atoms with van der Waals surface area (Å²) in [6, 6.07) is 5.05. The van der Waals surface area contributed by atoms with Gasteiger partial charge >= 0.3 is 0 Å². The summed E-state index contributed by atoms with van der Waals surface area (Å²) in [4.78, 5) is 0. The maximum atomic E-state index is 8.27. The van der Waals surface area contributed by atoms with E-state index in [2.05, 4.69) is 5.32 Å². The molecule has 0 spiro atoms. The molecule has 0 fully saturated rings. The van der Waals surface area contributed by atoms with Crippen LogP contribution in [0.15, 0.2) is 18.2 Å². The number of hydrogen-bond donors (Lipinski definition) is 1. The molecule has 11 heavy (non-hydrogen) atoms. The fourth-order valence-corrected chi connectivity index (χ4v) is 1.01. The minimum Gasteiger partial charge on any atom is -0.291 e. The van der Waals surface area contributed by atoms with Crippen LogP contribution in [0.5, 0.6) is 0 Å². The second-order valence-corrected chi connectivity index (χ2v) is 2.62. The van der Waals surface area contributed by atoms with E-state index in [0.29, 0.717) is 15.7 Å². The molecule has 1 rings (SSSR count). The van der Waals surface area contributed by atoms with Gasteiger partial charge in [-0.1, -0.05) is 29.3 Å². The van der Waals surface area contributed by atoms with Crippen LogP contribution in [-0.4, -0.2) is 0 Å². The quantitative estimate of drug-likeness (QED) is 0.541. The first-order valence-corrected chi connectivity index (χ1v) is 3.60. The number of nitrogens with zero attached hydrogens (tertiary/aromatic N) is 1. The third-order valence-electron chi connectivity index (χ3n) is 1.14. The normalized spacial score (nSPS) is 8.82. The standard InChI is InChI=1S/C7H4Cl2N2/c8-5-2-1-3-6(7(5)9)11-4-10/h1-3,11H. The lowest BCUT2D eigenvalue weighted by Crippen LogP contribution is -1.87. The highest BCUT2D eigenvalue weighted by Crippen LogP contribution is 2.28. The van der Waals surface area contributed by atoms with Crippen molar-refractivity contribution < 1.29 is 0 Å². The maximum absolute atomic E-state index is 8.27. The fraction of sp³-hybridized carbons (Fsp3) is 0. The van der Waals surface area contributed by atoms with Crippen molar-refractivity contribution >= 4 is 28.9 Å². The number of anilines is 1. The molecule has 0 aliphatic heterocycles. The van der Waals surface area contributed by atoms with Gasteiger partial charge in [-0.2, -0.15) is 5.26 Å². The molecule has 0 atom stereocenters. The first kappa shape index (κ1) is 8.19. The van der Waals surface area contributed by atoms with Gasteiger partial charge in [0.1, 0.15) is 0 Å². The molecule has 0 unspecified atom stereocenters. The summed E-state index contributed by atoms with van der Waals surface area (Å²) in [5.74, 6) is 0. The second kappa shape index (κ2) is 3.47. The lowest BCUT2D eigenvalue weighted by molar-refractivity contribution is 1.47. The molecule has 0 radical (unpaired) electrons. The van der Waals surface area contributed by atoms with Crippen molar-refractivity contribution in [1.82, 2.24) is 0 Å². The van der Waals surface area contributed by atoms with E-state index in [4.69, 9.17) is 28.5 Å². The fourth-order valence-electron chi connectivity index (χ4n) is 0.661. The van der Waals surface area contributed by atoms with Gasteiger partial charge in [0.25, 0.3) is 0 Å². The Kier molecular flexibility index (Phi) is 2.58. The van der Waals surface area contributed by atoms with Gasteiger partial charge in [0.2, 0.25) is 0 Å². The highest BCUT2D eigenvalue weighted by molar-refractivity contribution is 6.43. The molecule has 2 nitrogen and oxygen atoms in total. The molecule has 0 heterocycles. The van der Waals surface area contributed by atoms with E-state index in [1.54, 1.807) is 24.4 Å². The smallest absolute Gasteiger partial charge is 0.181 e. The summed E-state index contributed by atoms with van der Waals surface area (Å²) < 4.78 is 0. The summed E-state index contributed by atoms with van der Waals surface area (Å²) in [6.07, 6.45) is 1.76. The van der Waals surface area contributed by atoms with Crippen molar-refractivity contribution in [3.63, 3.8) is 0 Å². The predicted octanol–water partition coefficient (Wildman–Crippen LogP) is 2.89. The van der Waals surface area contributed by atoms with Gasteiger partial charge in [-0.05, 0) is 12.1 Å². The zero-order chi connectivity index (χ0) is 8.27. The average molecular weight is 187 g/mol. The largest absolute Gasteiger partial charge is 0.291 e. The molecule has 0 amide bonds. The van der Waals surface area contributed by atoms with Crippen molar-refractivity contribution in [3.05, 3.63) is 28.2 Å². The van der Waals surface area contributed by atoms with Crippen molar-refractivity contribution in [2.45, 2.75) is 0 Å². The zero-order valence-corrected chi connectivity index (χ0v) is 6.95.